The van der Waals surface area contributed by atoms with E-state index in [2.05, 4.69) is 63.0 Å². The molecule has 0 aliphatic rings. The van der Waals surface area contributed by atoms with Crippen LogP contribution in [0.5, 0.6) is 0 Å². The summed E-state index contributed by atoms with van der Waals surface area (Å²) >= 11 is 5.09. The first-order valence-electron chi connectivity index (χ1n) is 6.39. The van der Waals surface area contributed by atoms with E-state index in [1.165, 1.54) is 10.4 Å². The molecule has 3 aromatic rings. The van der Waals surface area contributed by atoms with Crippen molar-refractivity contribution < 1.29 is 4.42 Å². The highest BCUT2D eigenvalue weighted by Gasteiger charge is 2.14. The average molecular weight is 348 g/mol. The summed E-state index contributed by atoms with van der Waals surface area (Å²) < 4.78 is 6.31. The number of halogens is 1. The Morgan fingerprint density at radius 3 is 2.55 bits per heavy atom. The van der Waals surface area contributed by atoms with E-state index >= 15 is 0 Å². The van der Waals surface area contributed by atoms with Crippen LogP contribution in [0.1, 0.15) is 22.2 Å². The first kappa shape index (κ1) is 13.6. The third-order valence-electron chi connectivity index (χ3n) is 3.07. The van der Waals surface area contributed by atoms with Crippen LogP contribution < -0.4 is 5.32 Å². The molecule has 0 aliphatic carbocycles. The fourth-order valence-electron chi connectivity index (χ4n) is 2.13. The van der Waals surface area contributed by atoms with Crippen LogP contribution in [0.2, 0.25) is 0 Å². The first-order valence-corrected chi connectivity index (χ1v) is 8.06. The second-order valence-electron chi connectivity index (χ2n) is 4.45. The molecule has 0 bridgehead atoms. The van der Waals surface area contributed by atoms with Gasteiger partial charge in [0.25, 0.3) is 0 Å². The number of furan rings is 1. The average Bonchev–Trinajstić information content (AvgIpc) is 3.12. The predicted molar refractivity (Wildman–Crippen MR) is 85.9 cm³/mol. The van der Waals surface area contributed by atoms with Crippen molar-refractivity contribution >= 4 is 27.3 Å². The van der Waals surface area contributed by atoms with Crippen LogP contribution in [0.4, 0.5) is 0 Å². The van der Waals surface area contributed by atoms with Gasteiger partial charge in [-0.1, -0.05) is 36.4 Å². The Morgan fingerprint density at radius 1 is 1.05 bits per heavy atom. The molecule has 0 saturated heterocycles. The fourth-order valence-corrected chi connectivity index (χ4v) is 3.30. The van der Waals surface area contributed by atoms with Gasteiger partial charge in [-0.25, -0.2) is 0 Å². The Bertz CT molecular complexity index is 648. The zero-order valence-corrected chi connectivity index (χ0v) is 13.2. The van der Waals surface area contributed by atoms with Gasteiger partial charge in [0.05, 0.1) is 12.6 Å². The quantitative estimate of drug-likeness (QED) is 0.703. The van der Waals surface area contributed by atoms with Crippen LogP contribution in [0.25, 0.3) is 0 Å². The maximum absolute atomic E-state index is 5.54. The van der Waals surface area contributed by atoms with Crippen LogP contribution in [0.15, 0.2) is 69.1 Å². The van der Waals surface area contributed by atoms with Gasteiger partial charge in [0.1, 0.15) is 5.76 Å². The summed E-state index contributed by atoms with van der Waals surface area (Å²) in [6.45, 7) is 0.697. The molecule has 0 fully saturated rings. The molecule has 4 heteroatoms. The molecule has 0 radical (unpaired) electrons. The number of rotatable bonds is 5. The monoisotopic (exact) mass is 347 g/mol. The van der Waals surface area contributed by atoms with Gasteiger partial charge < -0.3 is 4.42 Å². The summed E-state index contributed by atoms with van der Waals surface area (Å²) in [6, 6.07) is 18.8. The standard InChI is InChI=1S/C16H14BrNOS/c17-15-9-8-13(19-15)11-18-16(14-7-4-10-20-14)12-5-2-1-3-6-12/h1-10,16,18H,11H2. The van der Waals surface area contributed by atoms with Crippen LogP contribution in [-0.4, -0.2) is 0 Å². The first-order chi connectivity index (χ1) is 9.83. The van der Waals surface area contributed by atoms with Gasteiger partial charge in [0.2, 0.25) is 0 Å². The number of hydrogen-bond donors (Lipinski definition) is 1. The molecule has 0 amide bonds. The molecule has 1 unspecified atom stereocenters. The maximum atomic E-state index is 5.54. The summed E-state index contributed by atoms with van der Waals surface area (Å²) in [5.74, 6) is 0.925. The molecule has 0 saturated carbocycles. The van der Waals surface area contributed by atoms with E-state index in [4.69, 9.17) is 4.42 Å². The number of thiophene rings is 1. The van der Waals surface area contributed by atoms with Crippen molar-refractivity contribution in [2.45, 2.75) is 12.6 Å². The number of hydrogen-bond acceptors (Lipinski definition) is 3. The highest BCUT2D eigenvalue weighted by Crippen LogP contribution is 2.26. The van der Waals surface area contributed by atoms with E-state index in [0.29, 0.717) is 6.54 Å². The summed E-state index contributed by atoms with van der Waals surface area (Å²) in [4.78, 5) is 1.31. The molecule has 20 heavy (non-hydrogen) atoms. The molecule has 1 N–H and O–H groups in total. The Balaban J connectivity index is 1.80. The van der Waals surface area contributed by atoms with Crippen molar-refractivity contribution in [1.82, 2.24) is 5.32 Å². The Hall–Kier alpha value is -1.36. The molecule has 102 valence electrons. The zero-order chi connectivity index (χ0) is 13.8. The predicted octanol–water partition coefficient (Wildman–Crippen LogP) is 4.98. The van der Waals surface area contributed by atoms with Gasteiger partial charge in [0, 0.05) is 4.88 Å². The highest BCUT2D eigenvalue weighted by atomic mass is 79.9. The van der Waals surface area contributed by atoms with Crippen molar-refractivity contribution in [2.24, 2.45) is 0 Å². The van der Waals surface area contributed by atoms with E-state index < -0.39 is 0 Å². The minimum atomic E-state index is 0.195. The number of benzene rings is 1. The van der Waals surface area contributed by atoms with E-state index in [1.54, 1.807) is 11.3 Å². The SMILES string of the molecule is Brc1ccc(CNC(c2ccccc2)c2cccs2)o1. The Kier molecular flexibility index (Phi) is 4.35. The van der Waals surface area contributed by atoms with Crippen molar-refractivity contribution in [3.63, 3.8) is 0 Å². The fraction of sp³-hybridized carbons (Fsp3) is 0.125. The molecular weight excluding hydrogens is 334 g/mol. The minimum Gasteiger partial charge on any atom is -0.453 e. The number of nitrogens with one attached hydrogen (secondary N) is 1. The third-order valence-corrected chi connectivity index (χ3v) is 4.43. The molecule has 0 aliphatic heterocycles. The largest absolute Gasteiger partial charge is 0.453 e. The van der Waals surface area contributed by atoms with E-state index in [1.807, 2.05) is 18.2 Å². The smallest absolute Gasteiger partial charge is 0.169 e. The van der Waals surface area contributed by atoms with Crippen LogP contribution >= 0.6 is 27.3 Å². The van der Waals surface area contributed by atoms with Crippen molar-refractivity contribution in [3.05, 3.63) is 80.8 Å². The molecule has 2 aromatic heterocycles. The maximum Gasteiger partial charge on any atom is 0.169 e. The summed E-state index contributed by atoms with van der Waals surface area (Å²) in [7, 11) is 0. The lowest BCUT2D eigenvalue weighted by atomic mass is 10.1. The van der Waals surface area contributed by atoms with Crippen LogP contribution in [0.3, 0.4) is 0 Å². The third kappa shape index (κ3) is 3.20. The molecule has 3 rings (SSSR count). The molecular formula is C16H14BrNOS. The van der Waals surface area contributed by atoms with Crippen molar-refractivity contribution in [2.75, 3.05) is 0 Å². The topological polar surface area (TPSA) is 25.2 Å². The highest BCUT2D eigenvalue weighted by molar-refractivity contribution is 9.10. The second kappa shape index (κ2) is 6.39. The lowest BCUT2D eigenvalue weighted by molar-refractivity contribution is 0.454. The van der Waals surface area contributed by atoms with E-state index in [-0.39, 0.29) is 6.04 Å². The van der Waals surface area contributed by atoms with Crippen LogP contribution in [-0.2, 0) is 6.54 Å². The van der Waals surface area contributed by atoms with Gasteiger partial charge in [0.15, 0.2) is 4.67 Å². The zero-order valence-electron chi connectivity index (χ0n) is 10.8. The van der Waals surface area contributed by atoms with Gasteiger partial charge >= 0.3 is 0 Å². The molecule has 2 heterocycles. The van der Waals surface area contributed by atoms with E-state index in [0.717, 1.165) is 10.4 Å². The van der Waals surface area contributed by atoms with Gasteiger partial charge in [-0.2, -0.15) is 0 Å². The lowest BCUT2D eigenvalue weighted by Crippen LogP contribution is -2.20. The van der Waals surface area contributed by atoms with Crippen LogP contribution in [0, 0.1) is 0 Å². The summed E-state index contributed by atoms with van der Waals surface area (Å²) in [5, 5.41) is 5.67. The Labute approximate surface area is 130 Å². The second-order valence-corrected chi connectivity index (χ2v) is 6.21. The van der Waals surface area contributed by atoms with Gasteiger partial charge in [-0.05, 0) is 45.1 Å². The summed E-state index contributed by atoms with van der Waals surface area (Å²) in [6.07, 6.45) is 0. The molecule has 0 spiro atoms. The van der Waals surface area contributed by atoms with E-state index in [9.17, 15) is 0 Å². The van der Waals surface area contributed by atoms with Gasteiger partial charge in [-0.3, -0.25) is 5.32 Å². The normalized spacial score (nSPS) is 12.4. The van der Waals surface area contributed by atoms with Gasteiger partial charge in [-0.15, -0.1) is 11.3 Å². The lowest BCUT2D eigenvalue weighted by Gasteiger charge is -2.17. The molecule has 1 atom stereocenters. The van der Waals surface area contributed by atoms with Crippen molar-refractivity contribution in [3.8, 4) is 0 Å². The summed E-state index contributed by atoms with van der Waals surface area (Å²) in [5.41, 5.74) is 1.26. The Morgan fingerprint density at radius 2 is 1.90 bits per heavy atom. The molecule has 2 nitrogen and oxygen atoms in total. The molecule has 1 aromatic carbocycles. The van der Waals surface area contributed by atoms with Crippen molar-refractivity contribution in [1.29, 1.82) is 0 Å². The minimum absolute atomic E-state index is 0.195.